The van der Waals surface area contributed by atoms with Gasteiger partial charge in [-0.3, -0.25) is 0 Å². The molecule has 0 saturated heterocycles. The number of hydrogen-bond acceptors (Lipinski definition) is 6. The molecule has 2 aromatic carbocycles. The summed E-state index contributed by atoms with van der Waals surface area (Å²) >= 11 is 0. The molecule has 0 amide bonds. The molecule has 0 aliphatic rings. The molecule has 0 atom stereocenters. The summed E-state index contributed by atoms with van der Waals surface area (Å²) in [6.45, 7) is 1.86. The molecule has 2 heterocycles. The Bertz CT molecular complexity index is 1050. The van der Waals surface area contributed by atoms with Crippen LogP contribution in [0.15, 0.2) is 53.6 Å². The van der Waals surface area contributed by atoms with Gasteiger partial charge in [0, 0.05) is 10.9 Å². The Kier molecular flexibility index (Phi) is 3.31. The Morgan fingerprint density at radius 3 is 2.71 bits per heavy atom. The van der Waals surface area contributed by atoms with Crippen LogP contribution >= 0.6 is 0 Å². The van der Waals surface area contributed by atoms with E-state index in [0.29, 0.717) is 11.6 Å². The number of aromatic nitrogens is 4. The van der Waals surface area contributed by atoms with Crippen molar-refractivity contribution in [1.29, 1.82) is 0 Å². The molecule has 2 aromatic heterocycles. The zero-order valence-corrected chi connectivity index (χ0v) is 12.9. The van der Waals surface area contributed by atoms with Gasteiger partial charge < -0.3 is 10.1 Å². The van der Waals surface area contributed by atoms with E-state index in [4.69, 9.17) is 0 Å². The average molecular weight is 318 g/mol. The van der Waals surface area contributed by atoms with Crippen molar-refractivity contribution in [3.8, 4) is 5.75 Å². The maximum absolute atomic E-state index is 9.32. The van der Waals surface area contributed by atoms with Gasteiger partial charge in [0.2, 0.25) is 0 Å². The fourth-order valence-corrected chi connectivity index (χ4v) is 2.47. The van der Waals surface area contributed by atoms with Crippen LogP contribution in [0.1, 0.15) is 12.5 Å². The van der Waals surface area contributed by atoms with Crippen LogP contribution in [0.3, 0.4) is 0 Å². The normalized spacial score (nSPS) is 12.0. The molecule has 0 saturated carbocycles. The van der Waals surface area contributed by atoms with Crippen molar-refractivity contribution in [2.45, 2.75) is 6.92 Å². The van der Waals surface area contributed by atoms with E-state index >= 15 is 0 Å². The Morgan fingerprint density at radius 1 is 1.08 bits per heavy atom. The van der Waals surface area contributed by atoms with Gasteiger partial charge in [0.05, 0.1) is 5.71 Å². The van der Waals surface area contributed by atoms with Crippen LogP contribution in [0.4, 0.5) is 5.95 Å². The second-order valence-electron chi connectivity index (χ2n) is 5.36. The zero-order chi connectivity index (χ0) is 16.5. The van der Waals surface area contributed by atoms with Gasteiger partial charge in [0.1, 0.15) is 11.3 Å². The SMILES string of the molecule is C/C(=N\Nc1nnc2c(n1)[nH]c1ccccc12)c1ccc(O)cc1. The molecule has 0 unspecified atom stereocenters. The number of H-pyrrole nitrogens is 1. The lowest BCUT2D eigenvalue weighted by molar-refractivity contribution is 0.475. The zero-order valence-electron chi connectivity index (χ0n) is 12.9. The van der Waals surface area contributed by atoms with Crippen LogP contribution in [-0.4, -0.2) is 31.0 Å². The van der Waals surface area contributed by atoms with Crippen LogP contribution < -0.4 is 5.43 Å². The smallest absolute Gasteiger partial charge is 0.265 e. The van der Waals surface area contributed by atoms with Crippen molar-refractivity contribution in [2.24, 2.45) is 5.10 Å². The number of fused-ring (bicyclic) bond motifs is 3. The molecule has 24 heavy (non-hydrogen) atoms. The number of hydrogen-bond donors (Lipinski definition) is 3. The summed E-state index contributed by atoms with van der Waals surface area (Å²) in [5.41, 5.74) is 6.81. The quantitative estimate of drug-likeness (QED) is 0.398. The number of aromatic amines is 1. The number of phenols is 1. The van der Waals surface area contributed by atoms with E-state index in [1.54, 1.807) is 24.3 Å². The highest BCUT2D eigenvalue weighted by Gasteiger charge is 2.08. The first-order chi connectivity index (χ1) is 11.7. The van der Waals surface area contributed by atoms with Crippen molar-refractivity contribution < 1.29 is 5.11 Å². The maximum atomic E-state index is 9.32. The number of rotatable bonds is 3. The number of hydrazone groups is 1. The Labute approximate surface area is 137 Å². The minimum Gasteiger partial charge on any atom is -0.508 e. The number of para-hydroxylation sites is 1. The van der Waals surface area contributed by atoms with Crippen LogP contribution in [-0.2, 0) is 0 Å². The minimum absolute atomic E-state index is 0.219. The van der Waals surface area contributed by atoms with Crippen molar-refractivity contribution in [3.05, 3.63) is 54.1 Å². The van der Waals surface area contributed by atoms with Gasteiger partial charge >= 0.3 is 0 Å². The molecule has 0 aliphatic carbocycles. The summed E-state index contributed by atoms with van der Waals surface area (Å²) in [5, 5.41) is 22.9. The molecule has 0 aliphatic heterocycles. The molecule has 7 heteroatoms. The standard InChI is InChI=1S/C17H14N6O/c1-10(11-6-8-12(24)9-7-11)20-22-17-19-16-15(21-23-17)13-4-2-3-5-14(13)18-16/h2-9,24H,1H3,(H2,18,19,22,23)/b20-10+. The third kappa shape index (κ3) is 2.52. The molecule has 0 spiro atoms. The van der Waals surface area contributed by atoms with Crippen LogP contribution in [0, 0.1) is 0 Å². The molecule has 118 valence electrons. The summed E-state index contributed by atoms with van der Waals surface area (Å²) in [4.78, 5) is 7.62. The number of nitrogens with zero attached hydrogens (tertiary/aromatic N) is 4. The van der Waals surface area contributed by atoms with Crippen LogP contribution in [0.5, 0.6) is 5.75 Å². The second kappa shape index (κ2) is 5.62. The fourth-order valence-electron chi connectivity index (χ4n) is 2.47. The van der Waals surface area contributed by atoms with Crippen molar-refractivity contribution in [2.75, 3.05) is 5.43 Å². The number of anilines is 1. The summed E-state index contributed by atoms with van der Waals surface area (Å²) in [6.07, 6.45) is 0. The monoisotopic (exact) mass is 318 g/mol. The molecule has 7 nitrogen and oxygen atoms in total. The van der Waals surface area contributed by atoms with E-state index in [1.165, 1.54) is 0 Å². The van der Waals surface area contributed by atoms with Gasteiger partial charge in [0.15, 0.2) is 5.65 Å². The Morgan fingerprint density at radius 2 is 1.88 bits per heavy atom. The van der Waals surface area contributed by atoms with Crippen molar-refractivity contribution in [1.82, 2.24) is 20.2 Å². The lowest BCUT2D eigenvalue weighted by Gasteiger charge is -2.02. The summed E-state index contributed by atoms with van der Waals surface area (Å²) in [7, 11) is 0. The van der Waals surface area contributed by atoms with E-state index in [1.807, 2.05) is 31.2 Å². The highest BCUT2D eigenvalue weighted by atomic mass is 16.3. The predicted octanol–water partition coefficient (Wildman–Crippen LogP) is 3.05. The molecule has 0 fully saturated rings. The lowest BCUT2D eigenvalue weighted by atomic mass is 10.1. The lowest BCUT2D eigenvalue weighted by Crippen LogP contribution is -2.03. The third-order valence-corrected chi connectivity index (χ3v) is 3.73. The molecular weight excluding hydrogens is 304 g/mol. The summed E-state index contributed by atoms with van der Waals surface area (Å²) in [5.74, 6) is 0.531. The van der Waals surface area contributed by atoms with Gasteiger partial charge in [-0.15, -0.1) is 10.2 Å². The highest BCUT2D eigenvalue weighted by molar-refractivity contribution is 6.03. The van der Waals surface area contributed by atoms with E-state index in [0.717, 1.165) is 27.7 Å². The van der Waals surface area contributed by atoms with Gasteiger partial charge in [-0.2, -0.15) is 10.1 Å². The largest absolute Gasteiger partial charge is 0.508 e. The Balaban J connectivity index is 1.63. The van der Waals surface area contributed by atoms with E-state index in [2.05, 4.69) is 30.7 Å². The topological polar surface area (TPSA) is 99.1 Å². The van der Waals surface area contributed by atoms with Crippen molar-refractivity contribution in [3.63, 3.8) is 0 Å². The number of nitrogens with one attached hydrogen (secondary N) is 2. The average Bonchev–Trinajstić information content (AvgIpc) is 2.98. The van der Waals surface area contributed by atoms with E-state index in [-0.39, 0.29) is 5.75 Å². The van der Waals surface area contributed by atoms with Gasteiger partial charge in [-0.25, -0.2) is 5.43 Å². The minimum atomic E-state index is 0.219. The Hall–Kier alpha value is -3.48. The highest BCUT2D eigenvalue weighted by Crippen LogP contribution is 2.21. The summed E-state index contributed by atoms with van der Waals surface area (Å²) < 4.78 is 0. The molecule has 3 N–H and O–H groups in total. The second-order valence-corrected chi connectivity index (χ2v) is 5.36. The first-order valence-corrected chi connectivity index (χ1v) is 7.41. The van der Waals surface area contributed by atoms with E-state index in [9.17, 15) is 5.11 Å². The first-order valence-electron chi connectivity index (χ1n) is 7.41. The van der Waals surface area contributed by atoms with Gasteiger partial charge in [-0.1, -0.05) is 18.2 Å². The van der Waals surface area contributed by atoms with Crippen LogP contribution in [0.25, 0.3) is 22.1 Å². The predicted molar refractivity (Wildman–Crippen MR) is 93.1 cm³/mol. The maximum Gasteiger partial charge on any atom is 0.265 e. The molecule has 0 radical (unpaired) electrons. The number of benzene rings is 2. The molecular formula is C17H14N6O. The fraction of sp³-hybridized carbons (Fsp3) is 0.0588. The molecule has 0 bridgehead atoms. The van der Waals surface area contributed by atoms with Crippen LogP contribution in [0.2, 0.25) is 0 Å². The third-order valence-electron chi connectivity index (χ3n) is 3.73. The first kappa shape index (κ1) is 14.1. The van der Waals surface area contributed by atoms with E-state index < -0.39 is 0 Å². The molecule has 4 rings (SSSR count). The molecule has 4 aromatic rings. The van der Waals surface area contributed by atoms with Gasteiger partial charge in [0.25, 0.3) is 5.95 Å². The van der Waals surface area contributed by atoms with Crippen molar-refractivity contribution >= 4 is 33.7 Å². The van der Waals surface area contributed by atoms with Gasteiger partial charge in [-0.05, 0) is 42.8 Å². The number of aromatic hydroxyl groups is 1. The number of phenolic OH excluding ortho intramolecular Hbond substituents is 1. The summed E-state index contributed by atoms with van der Waals surface area (Å²) in [6, 6.07) is 14.7.